The molecule has 0 saturated heterocycles. The van der Waals surface area contributed by atoms with Gasteiger partial charge < -0.3 is 10.5 Å². The zero-order chi connectivity index (χ0) is 10.0. The third-order valence-corrected chi connectivity index (χ3v) is 1.56. The number of ether oxygens (including phenoxy) is 1. The molecule has 13 heavy (non-hydrogen) atoms. The molecule has 2 N–H and O–H groups in total. The van der Waals surface area contributed by atoms with E-state index in [4.69, 9.17) is 11.6 Å². The number of carbonyl (C=O) groups excluding carboxylic acids is 1. The molecule has 3 nitrogen and oxygen atoms in total. The van der Waals surface area contributed by atoms with E-state index in [1.165, 1.54) is 0 Å². The Hall–Kier alpha value is -1.36. The summed E-state index contributed by atoms with van der Waals surface area (Å²) in [4.78, 5) is 10.2. The van der Waals surface area contributed by atoms with E-state index < -0.39 is 28.5 Å². The summed E-state index contributed by atoms with van der Waals surface area (Å²) in [6.07, 6.45) is -1.19. The summed E-state index contributed by atoms with van der Waals surface area (Å²) in [5, 5.41) is -0.737. The van der Waals surface area contributed by atoms with E-state index in [0.29, 0.717) is 0 Å². The molecule has 0 bridgehead atoms. The highest BCUT2D eigenvalue weighted by atomic mass is 35.5. The summed E-state index contributed by atoms with van der Waals surface area (Å²) >= 11 is 5.18. The molecule has 0 atom stereocenters. The molecule has 70 valence electrons. The highest BCUT2D eigenvalue weighted by Gasteiger charge is 2.13. The van der Waals surface area contributed by atoms with Crippen LogP contribution in [0.5, 0.6) is 5.75 Å². The third kappa shape index (κ3) is 2.06. The first-order chi connectivity index (χ1) is 6.02. The molecule has 6 heteroatoms. The normalized spacial score (nSPS) is 9.77. The molecule has 0 radical (unpaired) electrons. The minimum absolute atomic E-state index is 0.501. The number of amides is 1. The highest BCUT2D eigenvalue weighted by Crippen LogP contribution is 2.26. The average Bonchev–Trinajstić information content (AvgIpc) is 2.06. The maximum Gasteiger partial charge on any atom is 0.410 e. The molecule has 0 aliphatic rings. The van der Waals surface area contributed by atoms with Crippen molar-refractivity contribution in [2.75, 3.05) is 0 Å². The molecule has 1 amide bonds. The minimum Gasteiger partial charge on any atom is -0.407 e. The van der Waals surface area contributed by atoms with Gasteiger partial charge in [-0.3, -0.25) is 0 Å². The lowest BCUT2D eigenvalue weighted by molar-refractivity contribution is 0.208. The van der Waals surface area contributed by atoms with E-state index in [9.17, 15) is 13.6 Å². The first-order valence-corrected chi connectivity index (χ1v) is 3.51. The second kappa shape index (κ2) is 3.57. The summed E-state index contributed by atoms with van der Waals surface area (Å²) < 4.78 is 29.7. The lowest BCUT2D eigenvalue weighted by Crippen LogP contribution is -2.17. The number of hydrogen-bond acceptors (Lipinski definition) is 2. The Bertz CT molecular complexity index is 357. The molecule has 0 fully saturated rings. The van der Waals surface area contributed by atoms with E-state index in [0.717, 1.165) is 12.1 Å². The molecule has 0 aliphatic carbocycles. The molecular formula is C7H4ClF2NO2. The van der Waals surface area contributed by atoms with Crippen LogP contribution in [0.25, 0.3) is 0 Å². The van der Waals surface area contributed by atoms with Crippen molar-refractivity contribution in [2.45, 2.75) is 0 Å². The van der Waals surface area contributed by atoms with Gasteiger partial charge in [-0.05, 0) is 12.1 Å². The van der Waals surface area contributed by atoms with Gasteiger partial charge in [0.1, 0.15) is 10.8 Å². The van der Waals surface area contributed by atoms with Gasteiger partial charge in [-0.25, -0.2) is 13.6 Å². The number of carbonyl (C=O) groups is 1. The fraction of sp³-hybridized carbons (Fsp3) is 0. The molecule has 1 aromatic carbocycles. The van der Waals surface area contributed by atoms with Crippen molar-refractivity contribution in [1.29, 1.82) is 0 Å². The standard InChI is InChI=1S/C7H4ClF2NO2/c8-5-3(9)1-2-4(6(5)10)13-7(11)12/h1-2H,(H2,11,12). The van der Waals surface area contributed by atoms with Gasteiger partial charge >= 0.3 is 6.09 Å². The van der Waals surface area contributed by atoms with Crippen LogP contribution in [0.2, 0.25) is 5.02 Å². The first kappa shape index (κ1) is 9.73. The predicted octanol–water partition coefficient (Wildman–Crippen LogP) is 2.08. The van der Waals surface area contributed by atoms with Crippen LogP contribution < -0.4 is 10.5 Å². The topological polar surface area (TPSA) is 52.3 Å². The van der Waals surface area contributed by atoms with Crippen LogP contribution in [0.3, 0.4) is 0 Å². The lowest BCUT2D eigenvalue weighted by atomic mass is 10.3. The van der Waals surface area contributed by atoms with Crippen LogP contribution in [0.15, 0.2) is 12.1 Å². The second-order valence-corrected chi connectivity index (χ2v) is 2.47. The third-order valence-electron chi connectivity index (χ3n) is 1.21. The number of benzene rings is 1. The Kier molecular flexibility index (Phi) is 2.67. The number of nitrogens with two attached hydrogens (primary N) is 1. The van der Waals surface area contributed by atoms with Crippen LogP contribution in [0.1, 0.15) is 0 Å². The van der Waals surface area contributed by atoms with Crippen LogP contribution in [0, 0.1) is 11.6 Å². The molecule has 1 rings (SSSR count). The van der Waals surface area contributed by atoms with Gasteiger partial charge in [0.15, 0.2) is 11.6 Å². The van der Waals surface area contributed by atoms with Gasteiger partial charge in [0.05, 0.1) is 0 Å². The highest BCUT2D eigenvalue weighted by molar-refractivity contribution is 6.31. The second-order valence-electron chi connectivity index (χ2n) is 2.09. The number of hydrogen-bond donors (Lipinski definition) is 1. The van der Waals surface area contributed by atoms with Gasteiger partial charge in [-0.1, -0.05) is 11.6 Å². The maximum absolute atomic E-state index is 12.9. The van der Waals surface area contributed by atoms with E-state index >= 15 is 0 Å². The van der Waals surface area contributed by atoms with Crippen molar-refractivity contribution in [2.24, 2.45) is 5.73 Å². The SMILES string of the molecule is NC(=O)Oc1ccc(F)c(Cl)c1F. The van der Waals surface area contributed by atoms with Gasteiger partial charge in [0.25, 0.3) is 0 Å². The van der Waals surface area contributed by atoms with E-state index in [-0.39, 0.29) is 0 Å². The predicted molar refractivity (Wildman–Crippen MR) is 41.6 cm³/mol. The van der Waals surface area contributed by atoms with Crippen LogP contribution in [-0.4, -0.2) is 6.09 Å². The van der Waals surface area contributed by atoms with Gasteiger partial charge in [0.2, 0.25) is 0 Å². The Morgan fingerprint density at radius 3 is 2.62 bits per heavy atom. The van der Waals surface area contributed by atoms with Crippen molar-refractivity contribution < 1.29 is 18.3 Å². The van der Waals surface area contributed by atoms with Crippen molar-refractivity contribution in [3.05, 3.63) is 28.8 Å². The fourth-order valence-electron chi connectivity index (χ4n) is 0.695. The monoisotopic (exact) mass is 207 g/mol. The van der Waals surface area contributed by atoms with Crippen LogP contribution in [-0.2, 0) is 0 Å². The lowest BCUT2D eigenvalue weighted by Gasteiger charge is -2.03. The fourth-order valence-corrected chi connectivity index (χ4v) is 0.852. The maximum atomic E-state index is 12.9. The summed E-state index contributed by atoms with van der Waals surface area (Å²) in [5.41, 5.74) is 4.62. The summed E-state index contributed by atoms with van der Waals surface area (Å²) in [6.45, 7) is 0. The van der Waals surface area contributed by atoms with Crippen LogP contribution >= 0.6 is 11.6 Å². The molecule has 0 unspecified atom stereocenters. The van der Waals surface area contributed by atoms with Gasteiger partial charge in [-0.2, -0.15) is 0 Å². The van der Waals surface area contributed by atoms with Crippen molar-refractivity contribution in [3.63, 3.8) is 0 Å². The largest absolute Gasteiger partial charge is 0.410 e. The number of primary amides is 1. The Balaban J connectivity index is 3.10. The molecule has 0 aliphatic heterocycles. The van der Waals surface area contributed by atoms with Crippen molar-refractivity contribution in [3.8, 4) is 5.75 Å². The smallest absolute Gasteiger partial charge is 0.407 e. The molecule has 0 saturated carbocycles. The van der Waals surface area contributed by atoms with E-state index in [2.05, 4.69) is 10.5 Å². The molecule has 0 spiro atoms. The van der Waals surface area contributed by atoms with E-state index in [1.807, 2.05) is 0 Å². The molecule has 1 aromatic rings. The summed E-state index contributed by atoms with van der Waals surface area (Å²) in [5.74, 6) is -2.59. The van der Waals surface area contributed by atoms with E-state index in [1.54, 1.807) is 0 Å². The quantitative estimate of drug-likeness (QED) is 0.717. The zero-order valence-corrected chi connectivity index (χ0v) is 6.94. The minimum atomic E-state index is -1.19. The zero-order valence-electron chi connectivity index (χ0n) is 6.18. The summed E-state index contributed by atoms with van der Waals surface area (Å²) in [7, 11) is 0. The average molecular weight is 208 g/mol. The molecule has 0 aromatic heterocycles. The summed E-state index contributed by atoms with van der Waals surface area (Å²) in [6, 6.07) is 1.78. The first-order valence-electron chi connectivity index (χ1n) is 3.13. The Morgan fingerprint density at radius 1 is 1.46 bits per heavy atom. The van der Waals surface area contributed by atoms with Crippen molar-refractivity contribution >= 4 is 17.7 Å². The Morgan fingerprint density at radius 2 is 2.08 bits per heavy atom. The number of halogens is 3. The Labute approximate surface area is 77.0 Å². The van der Waals surface area contributed by atoms with Gasteiger partial charge in [0, 0.05) is 0 Å². The number of rotatable bonds is 1. The van der Waals surface area contributed by atoms with Crippen molar-refractivity contribution in [1.82, 2.24) is 0 Å². The van der Waals surface area contributed by atoms with Crippen LogP contribution in [0.4, 0.5) is 13.6 Å². The molecule has 0 heterocycles. The van der Waals surface area contributed by atoms with Gasteiger partial charge in [-0.15, -0.1) is 0 Å². The molecular weight excluding hydrogens is 204 g/mol.